The predicted molar refractivity (Wildman–Crippen MR) is 122 cm³/mol. The lowest BCUT2D eigenvalue weighted by atomic mass is 10.0. The van der Waals surface area contributed by atoms with Gasteiger partial charge in [-0.1, -0.05) is 13.8 Å². The molecular formula is C21H26N4O6S2. The number of sulfonamides is 1. The number of thioether (sulfide) groups is 1. The second-order valence-corrected chi connectivity index (χ2v) is 9.80. The van der Waals surface area contributed by atoms with Crippen LogP contribution in [0.3, 0.4) is 0 Å². The Balaban J connectivity index is 1.85. The van der Waals surface area contributed by atoms with Gasteiger partial charge in [-0.15, -0.1) is 11.8 Å². The third-order valence-corrected chi connectivity index (χ3v) is 7.90. The molecule has 33 heavy (non-hydrogen) atoms. The molecule has 0 aliphatic carbocycles. The van der Waals surface area contributed by atoms with E-state index < -0.39 is 28.1 Å². The molecular weight excluding hydrogens is 468 g/mol. The maximum absolute atomic E-state index is 12.7. The van der Waals surface area contributed by atoms with Crippen molar-refractivity contribution in [3.05, 3.63) is 53.8 Å². The van der Waals surface area contributed by atoms with Crippen LogP contribution >= 0.6 is 11.8 Å². The lowest BCUT2D eigenvalue weighted by Gasteiger charge is -2.27. The molecule has 12 heteroatoms. The summed E-state index contributed by atoms with van der Waals surface area (Å²) in [5.74, 6) is 0.0311. The van der Waals surface area contributed by atoms with Gasteiger partial charge >= 0.3 is 12.0 Å². The highest BCUT2D eigenvalue weighted by atomic mass is 32.2. The number of esters is 1. The SMILES string of the molecule is CCOC(=O)C1=C(CSc2ccc(S(=O)(=O)N(CC)CC)cn2)NC(=O)NC1c1ccco1. The first-order valence-corrected chi connectivity index (χ1v) is 12.8. The van der Waals surface area contributed by atoms with Crippen LogP contribution in [0.5, 0.6) is 0 Å². The van der Waals surface area contributed by atoms with Gasteiger partial charge in [0, 0.05) is 30.7 Å². The number of furan rings is 1. The Morgan fingerprint density at radius 3 is 2.58 bits per heavy atom. The number of aromatic nitrogens is 1. The molecule has 2 aromatic rings. The maximum atomic E-state index is 12.7. The molecule has 2 N–H and O–H groups in total. The van der Waals surface area contributed by atoms with Gasteiger partial charge in [0.1, 0.15) is 16.7 Å². The molecule has 0 fully saturated rings. The third kappa shape index (κ3) is 5.57. The zero-order chi connectivity index (χ0) is 24.0. The average molecular weight is 495 g/mol. The summed E-state index contributed by atoms with van der Waals surface area (Å²) in [6.45, 7) is 6.15. The summed E-state index contributed by atoms with van der Waals surface area (Å²) >= 11 is 1.25. The molecule has 3 heterocycles. The normalized spacial score (nSPS) is 16.5. The van der Waals surface area contributed by atoms with Crippen molar-refractivity contribution >= 4 is 33.8 Å². The average Bonchev–Trinajstić information content (AvgIpc) is 3.33. The number of carbonyl (C=O) groups excluding carboxylic acids is 2. The first-order valence-electron chi connectivity index (χ1n) is 10.4. The van der Waals surface area contributed by atoms with Crippen molar-refractivity contribution in [3.63, 3.8) is 0 Å². The van der Waals surface area contributed by atoms with Gasteiger partial charge in [-0.05, 0) is 31.2 Å². The molecule has 1 unspecified atom stereocenters. The van der Waals surface area contributed by atoms with Crippen molar-refractivity contribution in [2.75, 3.05) is 25.4 Å². The number of hydrogen-bond donors (Lipinski definition) is 2. The monoisotopic (exact) mass is 494 g/mol. The summed E-state index contributed by atoms with van der Waals surface area (Å²) in [5.41, 5.74) is 0.602. The van der Waals surface area contributed by atoms with Crippen LogP contribution in [0, 0.1) is 0 Å². The number of ether oxygens (including phenoxy) is 1. The fourth-order valence-corrected chi connectivity index (χ4v) is 5.53. The molecule has 1 atom stereocenters. The van der Waals surface area contributed by atoms with Gasteiger partial charge in [0.25, 0.3) is 0 Å². The second-order valence-electron chi connectivity index (χ2n) is 6.87. The van der Waals surface area contributed by atoms with E-state index in [0.717, 1.165) is 0 Å². The van der Waals surface area contributed by atoms with Crippen LogP contribution in [0.2, 0.25) is 0 Å². The van der Waals surface area contributed by atoms with Crippen LogP contribution in [0.25, 0.3) is 0 Å². The molecule has 178 valence electrons. The smallest absolute Gasteiger partial charge is 0.338 e. The summed E-state index contributed by atoms with van der Waals surface area (Å²) in [7, 11) is -3.60. The van der Waals surface area contributed by atoms with Crippen molar-refractivity contribution in [2.45, 2.75) is 36.7 Å². The quantitative estimate of drug-likeness (QED) is 0.381. The molecule has 0 saturated heterocycles. The van der Waals surface area contributed by atoms with Crippen LogP contribution in [-0.2, 0) is 19.6 Å². The summed E-state index contributed by atoms with van der Waals surface area (Å²) in [6, 6.07) is 5.15. The number of pyridine rings is 1. The molecule has 0 bridgehead atoms. The Morgan fingerprint density at radius 2 is 2.00 bits per heavy atom. The molecule has 1 aliphatic rings. The summed E-state index contributed by atoms with van der Waals surface area (Å²) in [6.07, 6.45) is 2.77. The van der Waals surface area contributed by atoms with Crippen LogP contribution < -0.4 is 10.6 Å². The summed E-state index contributed by atoms with van der Waals surface area (Å²) in [5, 5.41) is 5.89. The van der Waals surface area contributed by atoms with E-state index in [1.807, 2.05) is 0 Å². The summed E-state index contributed by atoms with van der Waals surface area (Å²) < 4.78 is 37.2. The van der Waals surface area contributed by atoms with Gasteiger partial charge in [0.2, 0.25) is 10.0 Å². The fraction of sp³-hybridized carbons (Fsp3) is 0.381. The Kier molecular flexibility index (Phi) is 8.16. The number of amides is 2. The van der Waals surface area contributed by atoms with Crippen LogP contribution in [0.15, 0.2) is 62.3 Å². The first kappa shape index (κ1) is 24.8. The van der Waals surface area contributed by atoms with Gasteiger partial charge < -0.3 is 19.8 Å². The lowest BCUT2D eigenvalue weighted by molar-refractivity contribution is -0.139. The van der Waals surface area contributed by atoms with E-state index in [0.29, 0.717) is 29.6 Å². The van der Waals surface area contributed by atoms with E-state index in [1.165, 1.54) is 34.6 Å². The van der Waals surface area contributed by atoms with Crippen molar-refractivity contribution in [3.8, 4) is 0 Å². The van der Waals surface area contributed by atoms with Crippen LogP contribution in [0.1, 0.15) is 32.6 Å². The topological polar surface area (TPSA) is 131 Å². The lowest BCUT2D eigenvalue weighted by Crippen LogP contribution is -2.46. The van der Waals surface area contributed by atoms with Crippen molar-refractivity contribution in [1.82, 2.24) is 19.9 Å². The van der Waals surface area contributed by atoms with Gasteiger partial charge in [-0.3, -0.25) is 0 Å². The minimum absolute atomic E-state index is 0.107. The molecule has 10 nitrogen and oxygen atoms in total. The maximum Gasteiger partial charge on any atom is 0.338 e. The van der Waals surface area contributed by atoms with Crippen LogP contribution in [0.4, 0.5) is 4.79 Å². The number of hydrogen-bond acceptors (Lipinski definition) is 8. The van der Waals surface area contributed by atoms with E-state index in [9.17, 15) is 18.0 Å². The van der Waals surface area contributed by atoms with Crippen LogP contribution in [-0.4, -0.2) is 55.2 Å². The molecule has 2 amide bonds. The Morgan fingerprint density at radius 1 is 1.24 bits per heavy atom. The van der Waals surface area contributed by atoms with E-state index >= 15 is 0 Å². The highest BCUT2D eigenvalue weighted by molar-refractivity contribution is 7.99. The van der Waals surface area contributed by atoms with E-state index in [2.05, 4.69) is 15.6 Å². The minimum Gasteiger partial charge on any atom is -0.467 e. The standard InChI is InChI=1S/C21H26N4O6S2/c1-4-25(5-2)33(28,29)14-9-10-17(22-12-14)32-13-15-18(20(26)30-6-3)19(24-21(27)23-15)16-8-7-11-31-16/h7-12,19H,4-6,13H2,1-3H3,(H2,23,24,27). The molecule has 0 saturated carbocycles. The van der Waals surface area contributed by atoms with E-state index in [-0.39, 0.29) is 22.8 Å². The van der Waals surface area contributed by atoms with E-state index in [4.69, 9.17) is 9.15 Å². The minimum atomic E-state index is -3.60. The van der Waals surface area contributed by atoms with Gasteiger partial charge in [-0.2, -0.15) is 4.31 Å². The molecule has 1 aliphatic heterocycles. The largest absolute Gasteiger partial charge is 0.467 e. The predicted octanol–water partition coefficient (Wildman–Crippen LogP) is 2.67. The van der Waals surface area contributed by atoms with E-state index in [1.54, 1.807) is 39.0 Å². The zero-order valence-corrected chi connectivity index (χ0v) is 20.2. The number of carbonyl (C=O) groups is 2. The van der Waals surface area contributed by atoms with Gasteiger partial charge in [0.05, 0.1) is 23.5 Å². The number of urea groups is 1. The Bertz CT molecular complexity index is 1110. The molecule has 0 spiro atoms. The Hall–Kier alpha value is -2.83. The highest BCUT2D eigenvalue weighted by Crippen LogP contribution is 2.30. The molecule has 3 rings (SSSR count). The van der Waals surface area contributed by atoms with Gasteiger partial charge in [0.15, 0.2) is 0 Å². The van der Waals surface area contributed by atoms with Crippen molar-refractivity contribution < 1.29 is 27.2 Å². The fourth-order valence-electron chi connectivity index (χ4n) is 3.31. The zero-order valence-electron chi connectivity index (χ0n) is 18.5. The summed E-state index contributed by atoms with van der Waals surface area (Å²) in [4.78, 5) is 29.3. The first-order chi connectivity index (χ1) is 15.8. The Labute approximate surface area is 196 Å². The van der Waals surface area contributed by atoms with Gasteiger partial charge in [-0.25, -0.2) is 23.0 Å². The van der Waals surface area contributed by atoms with Crippen molar-refractivity contribution in [2.24, 2.45) is 0 Å². The number of nitrogens with one attached hydrogen (secondary N) is 2. The number of rotatable bonds is 10. The molecule has 0 aromatic carbocycles. The highest BCUT2D eigenvalue weighted by Gasteiger charge is 2.35. The van der Waals surface area contributed by atoms with Crippen molar-refractivity contribution in [1.29, 1.82) is 0 Å². The molecule has 0 radical (unpaired) electrons. The molecule has 2 aromatic heterocycles. The second kappa shape index (κ2) is 10.9. The number of nitrogens with zero attached hydrogens (tertiary/aromatic N) is 2. The third-order valence-electron chi connectivity index (χ3n) is 4.89.